The van der Waals surface area contributed by atoms with Crippen LogP contribution < -0.4 is 4.90 Å². The molecule has 4 rings (SSSR count). The van der Waals surface area contributed by atoms with E-state index in [9.17, 15) is 13.2 Å². The Bertz CT molecular complexity index is 985. The largest absolute Gasteiger partial charge is 0.378 e. The molecule has 3 heterocycles. The molecule has 0 spiro atoms. The fraction of sp³-hybridized carbons (Fsp3) is 0.471. The van der Waals surface area contributed by atoms with Gasteiger partial charge in [-0.1, -0.05) is 23.9 Å². The number of sulfonamides is 1. The van der Waals surface area contributed by atoms with E-state index in [0.29, 0.717) is 30.7 Å². The lowest BCUT2D eigenvalue weighted by molar-refractivity contribution is 0.0876. The number of ether oxygens (including phenoxy) is 1. The molecule has 1 saturated heterocycles. The predicted molar refractivity (Wildman–Crippen MR) is 104 cm³/mol. The first-order valence-corrected chi connectivity index (χ1v) is 11.5. The van der Waals surface area contributed by atoms with Gasteiger partial charge < -0.3 is 9.64 Å². The molecule has 2 aromatic rings. The van der Waals surface area contributed by atoms with Crippen LogP contribution in [0.5, 0.6) is 0 Å². The molecule has 0 radical (unpaired) electrons. The summed E-state index contributed by atoms with van der Waals surface area (Å²) >= 11 is 1.40. The minimum atomic E-state index is -3.77. The Kier molecular flexibility index (Phi) is 5.30. The first-order valence-electron chi connectivity index (χ1n) is 9.09. The number of carbonyl (C=O) groups is 1. The second-order valence-electron chi connectivity index (χ2n) is 6.35. The van der Waals surface area contributed by atoms with Gasteiger partial charge in [-0.05, 0) is 19.1 Å². The molecule has 9 nitrogen and oxygen atoms in total. The van der Waals surface area contributed by atoms with Crippen LogP contribution in [0.2, 0.25) is 0 Å². The zero-order valence-corrected chi connectivity index (χ0v) is 17.1. The summed E-state index contributed by atoms with van der Waals surface area (Å²) < 4.78 is 33.6. The average molecular weight is 424 g/mol. The number of morpholine rings is 1. The summed E-state index contributed by atoms with van der Waals surface area (Å²) in [4.78, 5) is 14.7. The van der Waals surface area contributed by atoms with Crippen LogP contribution in [0.15, 0.2) is 34.3 Å². The van der Waals surface area contributed by atoms with Gasteiger partial charge in [0.2, 0.25) is 5.95 Å². The molecule has 0 aliphatic carbocycles. The maximum atomic E-state index is 12.6. The van der Waals surface area contributed by atoms with Crippen LogP contribution in [-0.4, -0.2) is 72.0 Å². The molecule has 1 aromatic carbocycles. The third-order valence-corrected chi connectivity index (χ3v) is 7.53. The van der Waals surface area contributed by atoms with Gasteiger partial charge in [0, 0.05) is 31.9 Å². The average Bonchev–Trinajstić information content (AvgIpc) is 3.21. The number of benzene rings is 1. The van der Waals surface area contributed by atoms with Gasteiger partial charge in [-0.15, -0.1) is 10.2 Å². The third-order valence-electron chi connectivity index (χ3n) is 4.75. The molecule has 2 aliphatic rings. The number of aromatic nitrogens is 3. The van der Waals surface area contributed by atoms with Crippen molar-refractivity contribution in [1.82, 2.24) is 19.1 Å². The van der Waals surface area contributed by atoms with Crippen molar-refractivity contribution in [3.8, 4) is 0 Å². The van der Waals surface area contributed by atoms with Crippen LogP contribution >= 0.6 is 11.8 Å². The minimum absolute atomic E-state index is 0.0799. The molecule has 28 heavy (non-hydrogen) atoms. The Morgan fingerprint density at radius 1 is 1.18 bits per heavy atom. The highest BCUT2D eigenvalue weighted by Gasteiger charge is 2.40. The van der Waals surface area contributed by atoms with Gasteiger partial charge in [0.25, 0.3) is 15.9 Å². The van der Waals surface area contributed by atoms with Gasteiger partial charge in [0.15, 0.2) is 5.16 Å². The van der Waals surface area contributed by atoms with Crippen molar-refractivity contribution in [3.05, 3.63) is 29.8 Å². The Balaban J connectivity index is 1.45. The van der Waals surface area contributed by atoms with E-state index in [4.69, 9.17) is 4.74 Å². The van der Waals surface area contributed by atoms with Crippen molar-refractivity contribution in [1.29, 1.82) is 0 Å². The van der Waals surface area contributed by atoms with E-state index in [1.54, 1.807) is 18.2 Å². The summed E-state index contributed by atoms with van der Waals surface area (Å²) in [6, 6.07) is 6.31. The zero-order valence-electron chi connectivity index (χ0n) is 15.4. The maximum absolute atomic E-state index is 12.6. The van der Waals surface area contributed by atoms with Crippen molar-refractivity contribution < 1.29 is 17.9 Å². The summed E-state index contributed by atoms with van der Waals surface area (Å²) in [5.74, 6) is 0.730. The van der Waals surface area contributed by atoms with E-state index in [1.165, 1.54) is 17.8 Å². The Morgan fingerprint density at radius 3 is 2.64 bits per heavy atom. The number of hydrogen-bond donors (Lipinski definition) is 0. The highest BCUT2D eigenvalue weighted by atomic mass is 32.2. The first-order chi connectivity index (χ1) is 13.5. The fourth-order valence-electron chi connectivity index (χ4n) is 3.33. The highest BCUT2D eigenvalue weighted by Crippen LogP contribution is 2.30. The van der Waals surface area contributed by atoms with Crippen LogP contribution in [0, 0.1) is 0 Å². The summed E-state index contributed by atoms with van der Waals surface area (Å²) in [5, 5.41) is 9.28. The Hall–Kier alpha value is -2.11. The second-order valence-corrected chi connectivity index (χ2v) is 9.25. The summed E-state index contributed by atoms with van der Waals surface area (Å²) in [6.45, 7) is 5.66. The molecule has 0 N–H and O–H groups in total. The normalized spacial score (nSPS) is 18.5. The van der Waals surface area contributed by atoms with Crippen molar-refractivity contribution in [2.75, 3.05) is 43.5 Å². The van der Waals surface area contributed by atoms with Gasteiger partial charge >= 0.3 is 0 Å². The van der Waals surface area contributed by atoms with Crippen molar-refractivity contribution in [2.45, 2.75) is 23.5 Å². The van der Waals surface area contributed by atoms with Crippen molar-refractivity contribution >= 4 is 33.6 Å². The summed E-state index contributed by atoms with van der Waals surface area (Å²) in [5.41, 5.74) is 0.235. The lowest BCUT2D eigenvalue weighted by Gasteiger charge is -2.27. The topological polar surface area (TPSA) is 97.6 Å². The first kappa shape index (κ1) is 19.2. The number of hydrogen-bond acceptors (Lipinski definition) is 8. The number of carbonyl (C=O) groups excluding carboxylic acids is 1. The molecule has 1 fully saturated rings. The van der Waals surface area contributed by atoms with Gasteiger partial charge in [-0.2, -0.15) is 0 Å². The summed E-state index contributed by atoms with van der Waals surface area (Å²) in [7, 11) is -3.77. The van der Waals surface area contributed by atoms with Crippen LogP contribution in [0.25, 0.3) is 0 Å². The predicted octanol–water partition coefficient (Wildman–Crippen LogP) is 1.07. The SMILES string of the molecule is CCn1c(SCCN2C(=O)c3ccccc3S2(=O)=O)nnc1N1CCOCC1. The van der Waals surface area contributed by atoms with Gasteiger partial charge in [-0.25, -0.2) is 12.7 Å². The third kappa shape index (κ3) is 3.27. The highest BCUT2D eigenvalue weighted by molar-refractivity contribution is 7.99. The van der Waals surface area contributed by atoms with E-state index in [2.05, 4.69) is 15.1 Å². The molecule has 2 aliphatic heterocycles. The second kappa shape index (κ2) is 7.72. The number of amides is 1. The van der Waals surface area contributed by atoms with Crippen molar-refractivity contribution in [2.24, 2.45) is 0 Å². The molecular weight excluding hydrogens is 402 g/mol. The molecule has 0 atom stereocenters. The molecule has 11 heteroatoms. The van der Waals surface area contributed by atoms with Crippen LogP contribution in [0.1, 0.15) is 17.3 Å². The molecule has 0 unspecified atom stereocenters. The van der Waals surface area contributed by atoms with E-state index in [0.717, 1.165) is 23.3 Å². The smallest absolute Gasteiger partial charge is 0.269 e. The molecule has 1 aromatic heterocycles. The monoisotopic (exact) mass is 423 g/mol. The molecule has 150 valence electrons. The number of anilines is 1. The zero-order chi connectivity index (χ0) is 19.7. The van der Waals surface area contributed by atoms with Crippen LogP contribution in [-0.2, 0) is 21.3 Å². The lowest BCUT2D eigenvalue weighted by Crippen LogP contribution is -2.38. The molecule has 0 bridgehead atoms. The van der Waals surface area contributed by atoms with E-state index in [-0.39, 0.29) is 17.0 Å². The minimum Gasteiger partial charge on any atom is -0.378 e. The quantitative estimate of drug-likeness (QED) is 0.637. The van der Waals surface area contributed by atoms with Crippen LogP contribution in [0.4, 0.5) is 5.95 Å². The standard InChI is InChI=1S/C17H21N5O4S2/c1-2-21-16(20-7-10-26-11-8-20)18-19-17(21)27-12-9-22-15(23)13-5-3-4-6-14(13)28(22,24)25/h3-6H,2,7-12H2,1H3. The molecular formula is C17H21N5O4S2. The van der Waals surface area contributed by atoms with E-state index in [1.807, 2.05) is 11.5 Å². The summed E-state index contributed by atoms with van der Waals surface area (Å²) in [6.07, 6.45) is 0. The molecule has 0 saturated carbocycles. The molecule has 1 amide bonds. The number of rotatable bonds is 6. The fourth-order valence-corrected chi connectivity index (χ4v) is 5.94. The number of fused-ring (bicyclic) bond motifs is 1. The Labute approximate surface area is 167 Å². The van der Waals surface area contributed by atoms with Gasteiger partial charge in [0.1, 0.15) is 4.90 Å². The van der Waals surface area contributed by atoms with Crippen LogP contribution in [0.3, 0.4) is 0 Å². The van der Waals surface area contributed by atoms with Gasteiger partial charge in [-0.3, -0.25) is 9.36 Å². The van der Waals surface area contributed by atoms with Crippen molar-refractivity contribution in [3.63, 3.8) is 0 Å². The number of nitrogens with zero attached hydrogens (tertiary/aromatic N) is 5. The lowest BCUT2D eigenvalue weighted by atomic mass is 10.2. The van der Waals surface area contributed by atoms with Gasteiger partial charge in [0.05, 0.1) is 18.8 Å². The maximum Gasteiger partial charge on any atom is 0.269 e. The van der Waals surface area contributed by atoms with E-state index < -0.39 is 15.9 Å². The van der Waals surface area contributed by atoms with E-state index >= 15 is 0 Å². The Morgan fingerprint density at radius 2 is 1.93 bits per heavy atom. The number of thioether (sulfide) groups is 1.